The maximum absolute atomic E-state index is 12.6. The number of hydrogen-bond acceptors (Lipinski definition) is 4. The normalized spacial score (nSPS) is 10.8. The zero-order valence-corrected chi connectivity index (χ0v) is 15.7. The van der Waals surface area contributed by atoms with Gasteiger partial charge in [0.1, 0.15) is 0 Å². The molecule has 148 valence electrons. The number of alkyl halides is 2. The molecule has 0 unspecified atom stereocenters. The molecule has 6 nitrogen and oxygen atoms in total. The molecule has 2 N–H and O–H groups in total. The van der Waals surface area contributed by atoms with Crippen molar-refractivity contribution in [3.63, 3.8) is 0 Å². The van der Waals surface area contributed by atoms with Crippen molar-refractivity contribution in [1.29, 1.82) is 0 Å². The predicted octanol–water partition coefficient (Wildman–Crippen LogP) is 4.56. The second-order valence-electron chi connectivity index (χ2n) is 5.46. The number of benzene rings is 2. The first-order valence-corrected chi connectivity index (χ1v) is 8.36. The number of hydrogen-bond donors (Lipinski definition) is 2. The van der Waals surface area contributed by atoms with Gasteiger partial charge in [0.2, 0.25) is 11.8 Å². The van der Waals surface area contributed by atoms with Crippen molar-refractivity contribution in [2.45, 2.75) is 13.5 Å². The van der Waals surface area contributed by atoms with E-state index in [1.54, 1.807) is 12.1 Å². The second kappa shape index (κ2) is 9.70. The highest BCUT2D eigenvalue weighted by atomic mass is 35.5. The van der Waals surface area contributed by atoms with Crippen LogP contribution in [0.15, 0.2) is 42.5 Å². The van der Waals surface area contributed by atoms with Crippen LogP contribution < -0.4 is 20.1 Å². The summed E-state index contributed by atoms with van der Waals surface area (Å²) < 4.78 is 34.8. The largest absolute Gasteiger partial charge is 0.493 e. The van der Waals surface area contributed by atoms with E-state index in [9.17, 15) is 18.4 Å². The molecule has 2 rings (SSSR count). The fourth-order valence-corrected chi connectivity index (χ4v) is 2.51. The van der Waals surface area contributed by atoms with Gasteiger partial charge in [-0.25, -0.2) is 0 Å². The molecular formula is C19H17ClF2N2O4. The summed E-state index contributed by atoms with van der Waals surface area (Å²) in [5, 5.41) is 5.35. The van der Waals surface area contributed by atoms with Crippen LogP contribution in [-0.4, -0.2) is 25.5 Å². The highest BCUT2D eigenvalue weighted by molar-refractivity contribution is 6.34. The summed E-state index contributed by atoms with van der Waals surface area (Å²) in [6.07, 6.45) is 2.46. The number of halogens is 3. The predicted molar refractivity (Wildman–Crippen MR) is 103 cm³/mol. The maximum atomic E-state index is 12.6. The van der Waals surface area contributed by atoms with Crippen LogP contribution in [0.3, 0.4) is 0 Å². The van der Waals surface area contributed by atoms with Crippen LogP contribution in [0.4, 0.5) is 20.2 Å². The molecule has 0 radical (unpaired) electrons. The topological polar surface area (TPSA) is 76.7 Å². The molecule has 0 atom stereocenters. The van der Waals surface area contributed by atoms with Gasteiger partial charge in [-0.05, 0) is 30.3 Å². The van der Waals surface area contributed by atoms with Crippen LogP contribution in [0.2, 0.25) is 5.02 Å². The van der Waals surface area contributed by atoms with Crippen LogP contribution >= 0.6 is 11.6 Å². The van der Waals surface area contributed by atoms with Gasteiger partial charge < -0.3 is 20.1 Å². The van der Waals surface area contributed by atoms with Crippen molar-refractivity contribution in [2.75, 3.05) is 17.7 Å². The molecule has 0 saturated heterocycles. The Morgan fingerprint density at radius 2 is 1.93 bits per heavy atom. The third-order valence-corrected chi connectivity index (χ3v) is 3.71. The maximum Gasteiger partial charge on any atom is 0.387 e. The van der Waals surface area contributed by atoms with Crippen molar-refractivity contribution in [3.05, 3.63) is 53.1 Å². The number of amides is 2. The molecule has 0 heterocycles. The van der Waals surface area contributed by atoms with Gasteiger partial charge in [-0.3, -0.25) is 9.59 Å². The first-order valence-electron chi connectivity index (χ1n) is 7.98. The zero-order chi connectivity index (χ0) is 20.7. The molecule has 0 aliphatic carbocycles. The van der Waals surface area contributed by atoms with Crippen LogP contribution in [0.5, 0.6) is 11.5 Å². The summed E-state index contributed by atoms with van der Waals surface area (Å²) in [7, 11) is 1.32. The molecule has 0 bridgehead atoms. The molecule has 2 aromatic rings. The van der Waals surface area contributed by atoms with Gasteiger partial charge >= 0.3 is 6.61 Å². The number of carbonyl (C=O) groups excluding carboxylic acids is 2. The number of rotatable bonds is 7. The second-order valence-corrected chi connectivity index (χ2v) is 5.86. The molecule has 0 aliphatic rings. The average Bonchev–Trinajstić information content (AvgIpc) is 2.62. The molecule has 28 heavy (non-hydrogen) atoms. The van der Waals surface area contributed by atoms with Gasteiger partial charge in [-0.1, -0.05) is 23.7 Å². The minimum Gasteiger partial charge on any atom is -0.493 e. The average molecular weight is 411 g/mol. The molecule has 2 amide bonds. The lowest BCUT2D eigenvalue weighted by Gasteiger charge is -2.12. The Labute approximate surface area is 165 Å². The standard InChI is InChI=1S/C19H17ClF2N2O4/c1-11(25)23-13-7-8-15(14(20)10-13)24-17(26)9-6-12-4-3-5-16(27-2)18(12)28-19(21)22/h3-10,19H,1-2H3,(H,23,25)(H,24,26)/b9-6+. The highest BCUT2D eigenvalue weighted by Gasteiger charge is 2.14. The van der Waals surface area contributed by atoms with Crippen LogP contribution in [-0.2, 0) is 9.59 Å². The first-order chi connectivity index (χ1) is 13.3. The molecule has 2 aromatic carbocycles. The lowest BCUT2D eigenvalue weighted by Crippen LogP contribution is -2.09. The van der Waals surface area contributed by atoms with Gasteiger partial charge in [0.25, 0.3) is 0 Å². The molecule has 0 aromatic heterocycles. The monoisotopic (exact) mass is 410 g/mol. The minimum absolute atomic E-state index is 0.111. The van der Waals surface area contributed by atoms with Crippen LogP contribution in [0.1, 0.15) is 12.5 Å². The Hall–Kier alpha value is -3.13. The summed E-state index contributed by atoms with van der Waals surface area (Å²) in [5.74, 6) is -0.864. The third kappa shape index (κ3) is 5.95. The summed E-state index contributed by atoms with van der Waals surface area (Å²) in [5.41, 5.74) is 1.04. The molecule has 0 aliphatic heterocycles. The van der Waals surface area contributed by atoms with Crippen molar-refractivity contribution in [3.8, 4) is 11.5 Å². The van der Waals surface area contributed by atoms with Gasteiger partial charge in [-0.15, -0.1) is 0 Å². The van der Waals surface area contributed by atoms with E-state index in [0.717, 1.165) is 6.08 Å². The Bertz CT molecular complexity index is 903. The SMILES string of the molecule is COc1cccc(/C=C/C(=O)Nc2ccc(NC(C)=O)cc2Cl)c1OC(F)F. The zero-order valence-electron chi connectivity index (χ0n) is 15.0. The van der Waals surface area contributed by atoms with E-state index < -0.39 is 12.5 Å². The smallest absolute Gasteiger partial charge is 0.387 e. The van der Waals surface area contributed by atoms with Crippen molar-refractivity contribution in [2.24, 2.45) is 0 Å². The quantitative estimate of drug-likeness (QED) is 0.656. The Kier molecular flexibility index (Phi) is 7.34. The first kappa shape index (κ1) is 21.2. The number of carbonyl (C=O) groups is 2. The van der Waals surface area contributed by atoms with E-state index in [2.05, 4.69) is 15.4 Å². The fraction of sp³-hybridized carbons (Fsp3) is 0.158. The number of anilines is 2. The molecule has 0 saturated carbocycles. The molecule has 0 fully saturated rings. The highest BCUT2D eigenvalue weighted by Crippen LogP contribution is 2.33. The number of ether oxygens (including phenoxy) is 2. The third-order valence-electron chi connectivity index (χ3n) is 3.40. The van der Waals surface area contributed by atoms with Crippen molar-refractivity contribution < 1.29 is 27.8 Å². The molecule has 0 spiro atoms. The van der Waals surface area contributed by atoms with Gasteiger partial charge in [0.15, 0.2) is 11.5 Å². The van der Waals surface area contributed by atoms with E-state index in [-0.39, 0.29) is 28.0 Å². The van der Waals surface area contributed by atoms with Gasteiger partial charge in [0.05, 0.1) is 17.8 Å². The summed E-state index contributed by atoms with van der Waals surface area (Å²) >= 11 is 6.09. The van der Waals surface area contributed by atoms with E-state index in [0.29, 0.717) is 11.4 Å². The van der Waals surface area contributed by atoms with Gasteiger partial charge in [0, 0.05) is 24.3 Å². The Morgan fingerprint density at radius 1 is 1.18 bits per heavy atom. The lowest BCUT2D eigenvalue weighted by atomic mass is 10.1. The fourth-order valence-electron chi connectivity index (χ4n) is 2.28. The lowest BCUT2D eigenvalue weighted by molar-refractivity contribution is -0.114. The number of nitrogens with one attached hydrogen (secondary N) is 2. The van der Waals surface area contributed by atoms with Gasteiger partial charge in [-0.2, -0.15) is 8.78 Å². The van der Waals surface area contributed by atoms with Crippen LogP contribution in [0, 0.1) is 0 Å². The Balaban J connectivity index is 2.15. The Morgan fingerprint density at radius 3 is 2.54 bits per heavy atom. The number of methoxy groups -OCH3 is 1. The van der Waals surface area contributed by atoms with E-state index in [1.807, 2.05) is 0 Å². The van der Waals surface area contributed by atoms with E-state index >= 15 is 0 Å². The van der Waals surface area contributed by atoms with E-state index in [4.69, 9.17) is 16.3 Å². The van der Waals surface area contributed by atoms with Crippen molar-refractivity contribution in [1.82, 2.24) is 0 Å². The van der Waals surface area contributed by atoms with Crippen molar-refractivity contribution >= 4 is 40.9 Å². The molecular weight excluding hydrogens is 394 g/mol. The summed E-state index contributed by atoms with van der Waals surface area (Å²) in [4.78, 5) is 23.2. The van der Waals surface area contributed by atoms with Crippen LogP contribution in [0.25, 0.3) is 6.08 Å². The summed E-state index contributed by atoms with van der Waals surface area (Å²) in [6, 6.07) is 9.12. The number of para-hydroxylation sites is 1. The van der Waals surface area contributed by atoms with E-state index in [1.165, 1.54) is 44.4 Å². The molecule has 9 heteroatoms. The summed E-state index contributed by atoms with van der Waals surface area (Å²) in [6.45, 7) is -1.68. The minimum atomic E-state index is -3.04.